The number of benzene rings is 1. The Morgan fingerprint density at radius 2 is 2.05 bits per heavy atom. The highest BCUT2D eigenvalue weighted by Crippen LogP contribution is 2.21. The van der Waals surface area contributed by atoms with Crippen LogP contribution in [0.2, 0.25) is 0 Å². The van der Waals surface area contributed by atoms with Crippen LogP contribution >= 0.6 is 0 Å². The zero-order chi connectivity index (χ0) is 14.8. The minimum absolute atomic E-state index is 0.000565. The van der Waals surface area contributed by atoms with Gasteiger partial charge in [0.25, 0.3) is 0 Å². The van der Waals surface area contributed by atoms with Crippen LogP contribution in [-0.4, -0.2) is 58.8 Å². The Hall–Kier alpha value is -1.43. The van der Waals surface area contributed by atoms with E-state index in [0.717, 1.165) is 0 Å². The number of aliphatic hydroxyl groups excluding tert-OH is 1. The molecule has 2 N–H and O–H groups in total. The molecule has 1 aliphatic rings. The first-order valence-electron chi connectivity index (χ1n) is 6.73. The maximum Gasteiger partial charge on any atom is 0.176 e. The molecule has 0 aliphatic carbocycles. The molecule has 1 unspecified atom stereocenters. The van der Waals surface area contributed by atoms with Crippen LogP contribution in [0, 0.1) is 0 Å². The molecule has 0 amide bonds. The summed E-state index contributed by atoms with van der Waals surface area (Å²) >= 11 is 0. The van der Waals surface area contributed by atoms with E-state index in [9.17, 15) is 15.0 Å². The van der Waals surface area contributed by atoms with Gasteiger partial charge in [0.15, 0.2) is 5.78 Å². The molecule has 1 aromatic rings. The third kappa shape index (κ3) is 3.79. The molecule has 110 valence electrons. The zero-order valence-electron chi connectivity index (χ0n) is 11.9. The number of morpholine rings is 1. The first-order valence-corrected chi connectivity index (χ1v) is 6.73. The second-order valence-electron chi connectivity index (χ2n) is 5.82. The average molecular weight is 279 g/mol. The van der Waals surface area contributed by atoms with E-state index in [-0.39, 0.29) is 36.4 Å². The number of Topliss-reactive ketones (excluding diaryl/α,β-unsaturated/α-hetero) is 1. The number of phenols is 1. The van der Waals surface area contributed by atoms with Crippen molar-refractivity contribution in [3.63, 3.8) is 0 Å². The van der Waals surface area contributed by atoms with Gasteiger partial charge in [0.1, 0.15) is 5.75 Å². The van der Waals surface area contributed by atoms with Crippen LogP contribution in [0.1, 0.15) is 24.2 Å². The molecule has 5 heteroatoms. The van der Waals surface area contributed by atoms with E-state index >= 15 is 0 Å². The number of nitrogens with zero attached hydrogens (tertiary/aromatic N) is 1. The van der Waals surface area contributed by atoms with E-state index in [1.807, 2.05) is 18.7 Å². The third-order valence-electron chi connectivity index (χ3n) is 3.31. The fraction of sp³-hybridized carbons (Fsp3) is 0.533. The topological polar surface area (TPSA) is 70.0 Å². The quantitative estimate of drug-likeness (QED) is 0.806. The molecule has 1 atom stereocenters. The summed E-state index contributed by atoms with van der Waals surface area (Å²) in [5.74, 6) is 0.147. The van der Waals surface area contributed by atoms with Gasteiger partial charge in [0.05, 0.1) is 24.9 Å². The Morgan fingerprint density at radius 1 is 1.40 bits per heavy atom. The lowest BCUT2D eigenvalue weighted by atomic mass is 10.0. The summed E-state index contributed by atoms with van der Waals surface area (Å²) in [7, 11) is 0. The molecule has 1 aliphatic heterocycles. The highest BCUT2D eigenvalue weighted by atomic mass is 16.5. The molecule has 2 rings (SSSR count). The van der Waals surface area contributed by atoms with Crippen molar-refractivity contribution in [1.29, 1.82) is 0 Å². The molecular formula is C15H21NO4. The van der Waals surface area contributed by atoms with Crippen molar-refractivity contribution in [1.82, 2.24) is 4.90 Å². The number of phenolic OH excluding ortho intramolecular Hbond substituents is 1. The lowest BCUT2D eigenvalue weighted by molar-refractivity contribution is -0.146. The monoisotopic (exact) mass is 279 g/mol. The van der Waals surface area contributed by atoms with E-state index in [0.29, 0.717) is 18.7 Å². The minimum atomic E-state index is -0.374. The first-order chi connectivity index (χ1) is 9.39. The molecule has 0 saturated carbocycles. The summed E-state index contributed by atoms with van der Waals surface area (Å²) in [5, 5.41) is 18.5. The van der Waals surface area contributed by atoms with Crippen LogP contribution in [-0.2, 0) is 4.74 Å². The summed E-state index contributed by atoms with van der Waals surface area (Å²) in [6, 6.07) is 6.25. The number of aliphatic hydroxyl groups is 1. The molecule has 20 heavy (non-hydrogen) atoms. The van der Waals surface area contributed by atoms with Crippen LogP contribution in [0.4, 0.5) is 0 Å². The Labute approximate surface area is 118 Å². The number of ketones is 1. The minimum Gasteiger partial charge on any atom is -0.508 e. The largest absolute Gasteiger partial charge is 0.508 e. The van der Waals surface area contributed by atoms with Crippen molar-refractivity contribution in [3.8, 4) is 5.75 Å². The Kier molecular flexibility index (Phi) is 4.42. The van der Waals surface area contributed by atoms with E-state index in [1.165, 1.54) is 12.1 Å². The molecule has 1 aromatic carbocycles. The number of rotatable bonds is 4. The number of hydrogen-bond donors (Lipinski definition) is 2. The van der Waals surface area contributed by atoms with E-state index < -0.39 is 0 Å². The summed E-state index contributed by atoms with van der Waals surface area (Å²) in [6.07, 6.45) is -0.258. The van der Waals surface area contributed by atoms with Crippen LogP contribution in [0.25, 0.3) is 0 Å². The molecule has 1 fully saturated rings. The molecule has 5 nitrogen and oxygen atoms in total. The van der Waals surface area contributed by atoms with Gasteiger partial charge in [-0.25, -0.2) is 0 Å². The average Bonchev–Trinajstić information content (AvgIpc) is 2.37. The van der Waals surface area contributed by atoms with Gasteiger partial charge in [-0.3, -0.25) is 9.69 Å². The van der Waals surface area contributed by atoms with Gasteiger partial charge < -0.3 is 14.9 Å². The first kappa shape index (κ1) is 15.0. The lowest BCUT2D eigenvalue weighted by Crippen LogP contribution is -2.54. The second-order valence-corrected chi connectivity index (χ2v) is 5.82. The molecule has 1 heterocycles. The van der Waals surface area contributed by atoms with Crippen molar-refractivity contribution in [2.24, 2.45) is 0 Å². The van der Waals surface area contributed by atoms with Gasteiger partial charge in [-0.15, -0.1) is 0 Å². The van der Waals surface area contributed by atoms with Crippen LogP contribution < -0.4 is 0 Å². The number of hydrogen-bond acceptors (Lipinski definition) is 5. The van der Waals surface area contributed by atoms with Crippen molar-refractivity contribution < 1.29 is 19.7 Å². The fourth-order valence-electron chi connectivity index (χ4n) is 2.57. The van der Waals surface area contributed by atoms with E-state index in [1.54, 1.807) is 12.1 Å². The maximum atomic E-state index is 12.2. The molecule has 0 spiro atoms. The predicted octanol–water partition coefficient (Wildman–Crippen LogP) is 1.05. The molecule has 0 bridgehead atoms. The van der Waals surface area contributed by atoms with Crippen LogP contribution in [0.5, 0.6) is 5.75 Å². The number of ether oxygens (including phenoxy) is 1. The maximum absolute atomic E-state index is 12.2. The van der Waals surface area contributed by atoms with E-state index in [4.69, 9.17) is 4.74 Å². The highest BCUT2D eigenvalue weighted by Gasteiger charge is 2.33. The SMILES string of the molecule is CC1(C)CN(CC(=O)c2ccc(O)cc2)CC(CO)O1. The normalized spacial score (nSPS) is 22.6. The van der Waals surface area contributed by atoms with Gasteiger partial charge in [-0.2, -0.15) is 0 Å². The number of carbonyl (C=O) groups excluding carboxylic acids is 1. The summed E-state index contributed by atoms with van der Waals surface area (Å²) in [5.41, 5.74) is 0.202. The van der Waals surface area contributed by atoms with Gasteiger partial charge in [0, 0.05) is 18.7 Å². The Morgan fingerprint density at radius 3 is 2.65 bits per heavy atom. The van der Waals surface area contributed by atoms with Crippen molar-refractivity contribution >= 4 is 5.78 Å². The number of aromatic hydroxyl groups is 1. The van der Waals surface area contributed by atoms with Crippen molar-refractivity contribution in [3.05, 3.63) is 29.8 Å². The third-order valence-corrected chi connectivity index (χ3v) is 3.31. The standard InChI is InChI=1S/C15H21NO4/c1-15(2)10-16(7-13(9-17)20-15)8-14(19)11-3-5-12(18)6-4-11/h3-6,13,17-18H,7-10H2,1-2H3. The molecular weight excluding hydrogens is 258 g/mol. The molecule has 0 radical (unpaired) electrons. The highest BCUT2D eigenvalue weighted by molar-refractivity contribution is 5.97. The van der Waals surface area contributed by atoms with Crippen molar-refractivity contribution in [2.75, 3.05) is 26.2 Å². The molecule has 1 saturated heterocycles. The van der Waals surface area contributed by atoms with Gasteiger partial charge in [0.2, 0.25) is 0 Å². The fourth-order valence-corrected chi connectivity index (χ4v) is 2.57. The Balaban J connectivity index is 2.01. The number of carbonyl (C=O) groups is 1. The van der Waals surface area contributed by atoms with Gasteiger partial charge >= 0.3 is 0 Å². The zero-order valence-corrected chi connectivity index (χ0v) is 11.9. The summed E-state index contributed by atoms with van der Waals surface area (Å²) < 4.78 is 5.72. The second kappa shape index (κ2) is 5.91. The smallest absolute Gasteiger partial charge is 0.176 e. The van der Waals surface area contributed by atoms with Crippen molar-refractivity contribution in [2.45, 2.75) is 25.6 Å². The van der Waals surface area contributed by atoms with Crippen LogP contribution in [0.15, 0.2) is 24.3 Å². The Bertz CT molecular complexity index is 469. The van der Waals surface area contributed by atoms with E-state index in [2.05, 4.69) is 0 Å². The summed E-state index contributed by atoms with van der Waals surface area (Å²) in [6.45, 7) is 5.33. The molecule has 0 aromatic heterocycles. The van der Waals surface area contributed by atoms with Gasteiger partial charge in [-0.05, 0) is 38.1 Å². The van der Waals surface area contributed by atoms with Crippen LogP contribution in [0.3, 0.4) is 0 Å². The van der Waals surface area contributed by atoms with Gasteiger partial charge in [-0.1, -0.05) is 0 Å². The predicted molar refractivity (Wildman–Crippen MR) is 74.9 cm³/mol. The lowest BCUT2D eigenvalue weighted by Gasteiger charge is -2.42. The summed E-state index contributed by atoms with van der Waals surface area (Å²) in [4.78, 5) is 14.2.